The highest BCUT2D eigenvalue weighted by atomic mass is 32.1. The molecule has 3 N–H and O–H groups in total. The summed E-state index contributed by atoms with van der Waals surface area (Å²) in [7, 11) is 0. The second kappa shape index (κ2) is 7.29. The van der Waals surface area contributed by atoms with Crippen molar-refractivity contribution in [1.82, 2.24) is 14.5 Å². The number of rotatable bonds is 5. The standard InChI is InChI=1S/C16H22N4O5S/c1-4-10(24-8(3)22)11-5-9(7(2)21)14(25-11)20-13-12(26-16(20)23)6-18-15(17)19-13/h6-7,9-11,14,21H,4-5H2,1-3H3,(H2,17,18,19)/t7-,9+,10+,11+,14-/m1/s1. The lowest BCUT2D eigenvalue weighted by atomic mass is 9.95. The summed E-state index contributed by atoms with van der Waals surface area (Å²) in [5.41, 5.74) is 6.05. The summed E-state index contributed by atoms with van der Waals surface area (Å²) in [4.78, 5) is 31.7. The number of fused-ring (bicyclic) bond motifs is 1. The average molecular weight is 382 g/mol. The third-order valence-corrected chi connectivity index (χ3v) is 5.45. The molecule has 142 valence electrons. The molecule has 0 bridgehead atoms. The number of aliphatic hydroxyl groups is 1. The van der Waals surface area contributed by atoms with Crippen molar-refractivity contribution in [3.8, 4) is 0 Å². The Morgan fingerprint density at radius 2 is 2.35 bits per heavy atom. The predicted octanol–water partition coefficient (Wildman–Crippen LogP) is 1.06. The van der Waals surface area contributed by atoms with Crippen LogP contribution >= 0.6 is 11.3 Å². The number of ether oxygens (including phenoxy) is 2. The smallest absolute Gasteiger partial charge is 0.311 e. The molecule has 0 spiro atoms. The number of aliphatic hydroxyl groups excluding tert-OH is 1. The monoisotopic (exact) mass is 382 g/mol. The lowest BCUT2D eigenvalue weighted by molar-refractivity contribution is -0.156. The fraction of sp³-hybridized carbons (Fsp3) is 0.625. The molecule has 2 aromatic heterocycles. The Morgan fingerprint density at radius 1 is 1.62 bits per heavy atom. The molecule has 5 atom stereocenters. The predicted molar refractivity (Wildman–Crippen MR) is 95.6 cm³/mol. The van der Waals surface area contributed by atoms with Gasteiger partial charge in [0.2, 0.25) is 5.95 Å². The van der Waals surface area contributed by atoms with Crippen LogP contribution in [0.15, 0.2) is 11.0 Å². The van der Waals surface area contributed by atoms with Gasteiger partial charge in [0.15, 0.2) is 5.65 Å². The van der Waals surface area contributed by atoms with E-state index >= 15 is 0 Å². The number of nitrogens with zero attached hydrogens (tertiary/aromatic N) is 3. The summed E-state index contributed by atoms with van der Waals surface area (Å²) in [6.07, 6.45) is 0.211. The molecule has 0 aliphatic carbocycles. The van der Waals surface area contributed by atoms with E-state index in [1.54, 1.807) is 6.92 Å². The number of esters is 1. The lowest BCUT2D eigenvalue weighted by Gasteiger charge is -2.23. The third kappa shape index (κ3) is 3.44. The van der Waals surface area contributed by atoms with Crippen molar-refractivity contribution in [2.75, 3.05) is 5.73 Å². The molecule has 10 heteroatoms. The van der Waals surface area contributed by atoms with Crippen LogP contribution < -0.4 is 10.6 Å². The second-order valence-corrected chi connectivity index (χ2v) is 7.41. The fourth-order valence-electron chi connectivity index (χ4n) is 3.36. The molecule has 0 amide bonds. The largest absolute Gasteiger partial charge is 0.460 e. The number of hydrogen-bond donors (Lipinski definition) is 2. The van der Waals surface area contributed by atoms with E-state index in [9.17, 15) is 14.7 Å². The van der Waals surface area contributed by atoms with Crippen molar-refractivity contribution in [2.24, 2.45) is 5.92 Å². The molecule has 1 aliphatic rings. The SMILES string of the molecule is CC[C@H](OC(C)=O)[C@@H]1C[C@@H]([C@@H](C)O)[C@H](n2c(=O)sc3cnc(N)nc32)O1. The maximum absolute atomic E-state index is 12.6. The molecule has 0 radical (unpaired) electrons. The Morgan fingerprint density at radius 3 is 2.96 bits per heavy atom. The van der Waals surface area contributed by atoms with E-state index in [2.05, 4.69) is 9.97 Å². The number of carbonyl (C=O) groups is 1. The van der Waals surface area contributed by atoms with Crippen molar-refractivity contribution in [1.29, 1.82) is 0 Å². The Kier molecular flexibility index (Phi) is 5.26. The van der Waals surface area contributed by atoms with Crippen LogP contribution in [0.1, 0.15) is 39.8 Å². The first-order valence-electron chi connectivity index (χ1n) is 8.46. The molecule has 0 aromatic carbocycles. The first-order chi connectivity index (χ1) is 12.3. The molecular weight excluding hydrogens is 360 g/mol. The van der Waals surface area contributed by atoms with Gasteiger partial charge >= 0.3 is 10.8 Å². The van der Waals surface area contributed by atoms with Crippen molar-refractivity contribution in [3.63, 3.8) is 0 Å². The topological polar surface area (TPSA) is 130 Å². The molecule has 9 nitrogen and oxygen atoms in total. The second-order valence-electron chi connectivity index (χ2n) is 6.42. The summed E-state index contributed by atoms with van der Waals surface area (Å²) in [5.74, 6) is -0.689. The van der Waals surface area contributed by atoms with Gasteiger partial charge in [0.05, 0.1) is 23.1 Å². The molecule has 0 saturated carbocycles. The normalized spacial score (nSPS) is 25.3. The number of anilines is 1. The van der Waals surface area contributed by atoms with Crippen molar-refractivity contribution in [2.45, 2.75) is 58.2 Å². The zero-order valence-corrected chi connectivity index (χ0v) is 15.6. The van der Waals surface area contributed by atoms with E-state index in [1.807, 2.05) is 6.92 Å². The van der Waals surface area contributed by atoms with Crippen LogP contribution in [0.5, 0.6) is 0 Å². The highest BCUT2D eigenvalue weighted by Gasteiger charge is 2.44. The highest BCUT2D eigenvalue weighted by Crippen LogP contribution is 2.40. The molecule has 1 saturated heterocycles. The van der Waals surface area contributed by atoms with Gasteiger partial charge in [-0.3, -0.25) is 14.2 Å². The summed E-state index contributed by atoms with van der Waals surface area (Å²) in [5, 5.41) is 10.2. The van der Waals surface area contributed by atoms with E-state index < -0.39 is 30.5 Å². The van der Waals surface area contributed by atoms with Gasteiger partial charge in [-0.1, -0.05) is 18.3 Å². The van der Waals surface area contributed by atoms with Gasteiger partial charge in [-0.15, -0.1) is 0 Å². The van der Waals surface area contributed by atoms with Crippen LogP contribution in [0.2, 0.25) is 0 Å². The van der Waals surface area contributed by atoms with E-state index in [4.69, 9.17) is 15.2 Å². The molecule has 2 aromatic rings. The van der Waals surface area contributed by atoms with Crippen LogP contribution in [0.3, 0.4) is 0 Å². The van der Waals surface area contributed by atoms with Crippen molar-refractivity contribution < 1.29 is 19.4 Å². The maximum Gasteiger partial charge on any atom is 0.311 e. The Bertz CT molecular complexity index is 864. The van der Waals surface area contributed by atoms with Crippen LogP contribution in [0.25, 0.3) is 10.3 Å². The van der Waals surface area contributed by atoms with E-state index in [-0.39, 0.29) is 16.7 Å². The molecule has 3 rings (SSSR count). The first-order valence-corrected chi connectivity index (χ1v) is 9.27. The summed E-state index contributed by atoms with van der Waals surface area (Å²) < 4.78 is 13.4. The van der Waals surface area contributed by atoms with Gasteiger partial charge in [0, 0.05) is 12.8 Å². The molecule has 26 heavy (non-hydrogen) atoms. The molecule has 1 aliphatic heterocycles. The molecule has 0 unspecified atom stereocenters. The maximum atomic E-state index is 12.6. The van der Waals surface area contributed by atoms with Gasteiger partial charge in [-0.05, 0) is 19.8 Å². The number of nitrogen functional groups attached to an aromatic ring is 1. The van der Waals surface area contributed by atoms with Crippen LogP contribution in [0, 0.1) is 5.92 Å². The molecule has 3 heterocycles. The molecule has 1 fully saturated rings. The van der Waals surface area contributed by atoms with Crippen LogP contribution in [-0.2, 0) is 14.3 Å². The fourth-order valence-corrected chi connectivity index (χ4v) is 4.17. The van der Waals surface area contributed by atoms with E-state index in [0.29, 0.717) is 23.2 Å². The van der Waals surface area contributed by atoms with E-state index in [0.717, 1.165) is 11.3 Å². The van der Waals surface area contributed by atoms with Crippen LogP contribution in [-0.4, -0.2) is 43.9 Å². The van der Waals surface area contributed by atoms with Gasteiger partial charge in [-0.2, -0.15) is 4.98 Å². The Labute approximate surface area is 153 Å². The summed E-state index contributed by atoms with van der Waals surface area (Å²) in [6, 6.07) is 0. The number of nitrogens with two attached hydrogens (primary N) is 1. The minimum absolute atomic E-state index is 0.0542. The van der Waals surface area contributed by atoms with Crippen molar-refractivity contribution >= 4 is 33.6 Å². The van der Waals surface area contributed by atoms with Gasteiger partial charge in [-0.25, -0.2) is 4.98 Å². The highest BCUT2D eigenvalue weighted by molar-refractivity contribution is 7.16. The zero-order chi connectivity index (χ0) is 19.0. The minimum atomic E-state index is -0.722. The Hall–Kier alpha value is -2.04. The Balaban J connectivity index is 2.00. The minimum Gasteiger partial charge on any atom is -0.460 e. The number of aromatic nitrogens is 3. The number of carbonyl (C=O) groups excluding carboxylic acids is 1. The van der Waals surface area contributed by atoms with Crippen molar-refractivity contribution in [3.05, 3.63) is 15.9 Å². The molecular formula is C16H22N4O5S. The number of hydrogen-bond acceptors (Lipinski definition) is 9. The summed E-state index contributed by atoms with van der Waals surface area (Å²) >= 11 is 0.994. The van der Waals surface area contributed by atoms with Gasteiger partial charge in [0.25, 0.3) is 0 Å². The quantitative estimate of drug-likeness (QED) is 0.734. The average Bonchev–Trinajstić information content (AvgIpc) is 3.12. The van der Waals surface area contributed by atoms with Gasteiger partial charge < -0.3 is 20.3 Å². The van der Waals surface area contributed by atoms with Gasteiger partial charge in [0.1, 0.15) is 12.3 Å². The first kappa shape index (κ1) is 18.7. The van der Waals surface area contributed by atoms with E-state index in [1.165, 1.54) is 17.7 Å². The summed E-state index contributed by atoms with van der Waals surface area (Å²) in [6.45, 7) is 4.89. The third-order valence-electron chi connectivity index (χ3n) is 4.57. The lowest BCUT2D eigenvalue weighted by Crippen LogP contribution is -2.31. The number of thiazole rings is 1. The zero-order valence-electron chi connectivity index (χ0n) is 14.8. The van der Waals surface area contributed by atoms with Crippen LogP contribution in [0.4, 0.5) is 5.95 Å².